The van der Waals surface area contributed by atoms with Gasteiger partial charge in [-0.1, -0.05) is 54.6 Å². The molecule has 0 saturated carbocycles. The zero-order valence-electron chi connectivity index (χ0n) is 19.8. The van der Waals surface area contributed by atoms with Crippen LogP contribution in [0.15, 0.2) is 95.9 Å². The minimum absolute atomic E-state index is 0.134. The zero-order chi connectivity index (χ0) is 25.1. The molecule has 0 aromatic heterocycles. The van der Waals surface area contributed by atoms with Crippen molar-refractivity contribution in [3.63, 3.8) is 0 Å². The van der Waals surface area contributed by atoms with Gasteiger partial charge >= 0.3 is 0 Å². The number of rotatable bonds is 7. The number of nitrogens with one attached hydrogen (secondary N) is 1. The smallest absolute Gasteiger partial charge is 0.264 e. The molecule has 0 fully saturated rings. The first-order valence-corrected chi connectivity index (χ1v) is 13.1. The van der Waals surface area contributed by atoms with Crippen LogP contribution in [-0.2, 0) is 14.8 Å². The maximum absolute atomic E-state index is 13.4. The van der Waals surface area contributed by atoms with Crippen molar-refractivity contribution in [2.24, 2.45) is 0 Å². The molecule has 0 radical (unpaired) electrons. The molecule has 1 aliphatic heterocycles. The van der Waals surface area contributed by atoms with E-state index in [0.717, 1.165) is 16.3 Å². The van der Waals surface area contributed by atoms with E-state index in [9.17, 15) is 13.2 Å². The summed E-state index contributed by atoms with van der Waals surface area (Å²) in [6.45, 7) is 2.26. The second kappa shape index (κ2) is 9.91. The van der Waals surface area contributed by atoms with Crippen LogP contribution in [0.4, 0.5) is 5.69 Å². The Balaban J connectivity index is 1.27. The summed E-state index contributed by atoms with van der Waals surface area (Å²) < 4.78 is 39.8. The number of carbonyl (C=O) groups is 1. The number of aryl methyl sites for hydroxylation is 1. The van der Waals surface area contributed by atoms with E-state index >= 15 is 0 Å². The average molecular weight is 503 g/mol. The third-order valence-electron chi connectivity index (χ3n) is 6.00. The summed E-state index contributed by atoms with van der Waals surface area (Å²) in [5, 5.41) is 5.00. The van der Waals surface area contributed by atoms with Gasteiger partial charge in [-0.3, -0.25) is 9.10 Å². The van der Waals surface area contributed by atoms with Crippen molar-refractivity contribution in [2.45, 2.75) is 17.9 Å². The van der Waals surface area contributed by atoms with Gasteiger partial charge in [0, 0.05) is 0 Å². The van der Waals surface area contributed by atoms with Gasteiger partial charge in [-0.25, -0.2) is 8.42 Å². The molecule has 8 heteroatoms. The lowest BCUT2D eigenvalue weighted by Crippen LogP contribution is -2.51. The fourth-order valence-electron chi connectivity index (χ4n) is 4.16. The number of anilines is 1. The molecule has 4 aromatic rings. The number of hydrogen-bond acceptors (Lipinski definition) is 5. The third kappa shape index (κ3) is 4.85. The van der Waals surface area contributed by atoms with Crippen molar-refractivity contribution in [2.75, 3.05) is 24.0 Å². The van der Waals surface area contributed by atoms with Crippen molar-refractivity contribution in [3.8, 4) is 11.5 Å². The molecule has 5 rings (SSSR count). The number of carbonyl (C=O) groups excluding carboxylic acids is 1. The maximum Gasteiger partial charge on any atom is 0.264 e. The molecule has 0 aliphatic carbocycles. The van der Waals surface area contributed by atoms with Crippen LogP contribution in [-0.4, -0.2) is 40.1 Å². The molecule has 1 N–H and O–H groups in total. The number of fused-ring (bicyclic) bond motifs is 2. The number of nitrogens with zero attached hydrogens (tertiary/aromatic N) is 1. The second-order valence-electron chi connectivity index (χ2n) is 8.58. The third-order valence-corrected chi connectivity index (χ3v) is 7.79. The summed E-state index contributed by atoms with van der Waals surface area (Å²) in [7, 11) is -3.89. The van der Waals surface area contributed by atoms with Gasteiger partial charge in [-0.2, -0.15) is 0 Å². The van der Waals surface area contributed by atoms with Gasteiger partial charge in [0.05, 0.1) is 23.7 Å². The summed E-state index contributed by atoms with van der Waals surface area (Å²) >= 11 is 0. The van der Waals surface area contributed by atoms with Crippen LogP contribution < -0.4 is 19.1 Å². The summed E-state index contributed by atoms with van der Waals surface area (Å²) in [6.07, 6.45) is -1.00. The van der Waals surface area contributed by atoms with Crippen LogP contribution >= 0.6 is 0 Å². The van der Waals surface area contributed by atoms with Gasteiger partial charge in [0.25, 0.3) is 15.9 Å². The second-order valence-corrected chi connectivity index (χ2v) is 10.4. The average Bonchev–Trinajstić information content (AvgIpc) is 2.90. The van der Waals surface area contributed by atoms with Crippen LogP contribution in [0, 0.1) is 6.92 Å². The number of hydrogen-bond donors (Lipinski definition) is 1. The SMILES string of the molecule is Cc1ccc2c(c1)O[C@@H](C(=O)NCCOc1ccc3ccccc3c1)CN2S(=O)(=O)c1ccccc1. The first kappa shape index (κ1) is 23.7. The normalized spacial score (nSPS) is 15.1. The quantitative estimate of drug-likeness (QED) is 0.381. The van der Waals surface area contributed by atoms with Crippen molar-refractivity contribution >= 4 is 32.4 Å². The summed E-state index contributed by atoms with van der Waals surface area (Å²) in [5.74, 6) is 0.659. The van der Waals surface area contributed by atoms with Crippen molar-refractivity contribution < 1.29 is 22.7 Å². The zero-order valence-corrected chi connectivity index (χ0v) is 20.6. The highest BCUT2D eigenvalue weighted by Crippen LogP contribution is 2.37. The molecule has 0 unspecified atom stereocenters. The molecule has 1 aliphatic rings. The number of ether oxygens (including phenoxy) is 2. The highest BCUT2D eigenvalue weighted by molar-refractivity contribution is 7.92. The standard InChI is InChI=1S/C28H26N2O5S/c1-20-11-14-25-26(17-20)35-27(19-30(25)36(32,33)24-9-3-2-4-10-24)28(31)29-15-16-34-23-13-12-21-7-5-6-8-22(21)18-23/h2-14,17-18,27H,15-16,19H2,1H3,(H,29,31)/t27-/m1/s1. The van der Waals surface area contributed by atoms with Gasteiger partial charge in [0.1, 0.15) is 18.1 Å². The van der Waals surface area contributed by atoms with Crippen LogP contribution in [0.1, 0.15) is 5.56 Å². The lowest BCUT2D eigenvalue weighted by atomic mass is 10.1. The monoisotopic (exact) mass is 502 g/mol. The number of benzene rings is 4. The van der Waals surface area contributed by atoms with Crippen LogP contribution in [0.5, 0.6) is 11.5 Å². The minimum Gasteiger partial charge on any atom is -0.492 e. The van der Waals surface area contributed by atoms with Gasteiger partial charge in [0.2, 0.25) is 0 Å². The molecule has 4 aromatic carbocycles. The van der Waals surface area contributed by atoms with E-state index in [1.165, 1.54) is 16.4 Å². The predicted octanol–water partition coefficient (Wildman–Crippen LogP) is 4.30. The number of amides is 1. The highest BCUT2D eigenvalue weighted by Gasteiger charge is 2.37. The molecular weight excluding hydrogens is 476 g/mol. The molecule has 1 heterocycles. The largest absolute Gasteiger partial charge is 0.492 e. The Kier molecular flexibility index (Phi) is 6.52. The van der Waals surface area contributed by atoms with Gasteiger partial charge in [-0.15, -0.1) is 0 Å². The molecule has 0 spiro atoms. The minimum atomic E-state index is -3.89. The Morgan fingerprint density at radius 1 is 0.972 bits per heavy atom. The fourth-order valence-corrected chi connectivity index (χ4v) is 5.66. The fraction of sp³-hybridized carbons (Fsp3) is 0.179. The Hall–Kier alpha value is -4.04. The Labute approximate surface area is 210 Å². The van der Waals surface area contributed by atoms with E-state index in [4.69, 9.17) is 9.47 Å². The Morgan fingerprint density at radius 2 is 1.72 bits per heavy atom. The lowest BCUT2D eigenvalue weighted by Gasteiger charge is -2.35. The maximum atomic E-state index is 13.4. The molecule has 36 heavy (non-hydrogen) atoms. The first-order valence-electron chi connectivity index (χ1n) is 11.7. The molecule has 7 nitrogen and oxygen atoms in total. The van der Waals surface area contributed by atoms with Gasteiger partial charge in [-0.05, 0) is 59.7 Å². The topological polar surface area (TPSA) is 84.9 Å². The molecule has 0 bridgehead atoms. The lowest BCUT2D eigenvalue weighted by molar-refractivity contribution is -0.127. The first-order chi connectivity index (χ1) is 17.4. The summed E-state index contributed by atoms with van der Waals surface area (Å²) in [6, 6.07) is 27.3. The Morgan fingerprint density at radius 3 is 2.53 bits per heavy atom. The van der Waals surface area contributed by atoms with Crippen molar-refractivity contribution in [3.05, 3.63) is 96.6 Å². The van der Waals surface area contributed by atoms with Gasteiger partial charge in [0.15, 0.2) is 6.10 Å². The Bertz CT molecular complexity index is 1510. The van der Waals surface area contributed by atoms with Gasteiger partial charge < -0.3 is 14.8 Å². The van der Waals surface area contributed by atoms with Crippen LogP contribution in [0.2, 0.25) is 0 Å². The van der Waals surface area contributed by atoms with E-state index in [1.54, 1.807) is 30.3 Å². The highest BCUT2D eigenvalue weighted by atomic mass is 32.2. The molecule has 1 amide bonds. The molecular formula is C28H26N2O5S. The van der Waals surface area contributed by atoms with Crippen LogP contribution in [0.3, 0.4) is 0 Å². The van der Waals surface area contributed by atoms with E-state index in [-0.39, 0.29) is 24.6 Å². The summed E-state index contributed by atoms with van der Waals surface area (Å²) in [4.78, 5) is 13.1. The van der Waals surface area contributed by atoms with E-state index < -0.39 is 22.0 Å². The van der Waals surface area contributed by atoms with Crippen molar-refractivity contribution in [1.29, 1.82) is 0 Å². The van der Waals surface area contributed by atoms with Crippen molar-refractivity contribution in [1.82, 2.24) is 5.32 Å². The molecule has 184 valence electrons. The molecule has 1 atom stereocenters. The summed E-state index contributed by atoms with van der Waals surface area (Å²) in [5.41, 5.74) is 1.31. The van der Waals surface area contributed by atoms with E-state index in [2.05, 4.69) is 5.32 Å². The number of sulfonamides is 1. The van der Waals surface area contributed by atoms with E-state index in [1.807, 2.05) is 55.5 Å². The van der Waals surface area contributed by atoms with E-state index in [0.29, 0.717) is 17.2 Å². The molecule has 0 saturated heterocycles. The van der Waals surface area contributed by atoms with Crippen LogP contribution in [0.25, 0.3) is 10.8 Å². The predicted molar refractivity (Wildman–Crippen MR) is 139 cm³/mol.